The van der Waals surface area contributed by atoms with Gasteiger partial charge in [0, 0.05) is 24.2 Å². The van der Waals surface area contributed by atoms with Crippen LogP contribution in [0.2, 0.25) is 0 Å². The second kappa shape index (κ2) is 12.7. The van der Waals surface area contributed by atoms with Gasteiger partial charge in [-0.3, -0.25) is 0 Å². The maximum atomic E-state index is 6.44. The van der Waals surface area contributed by atoms with Gasteiger partial charge in [0.25, 0.3) is 0 Å². The van der Waals surface area contributed by atoms with Gasteiger partial charge in [0.15, 0.2) is 13.0 Å². The second-order valence-corrected chi connectivity index (χ2v) is 18.5. The van der Waals surface area contributed by atoms with Gasteiger partial charge in [-0.25, -0.2) is 0 Å². The molecule has 0 bridgehead atoms. The largest absolute Gasteiger partial charge is 0.328 e. The Bertz CT molecular complexity index is 1300. The lowest BCUT2D eigenvalue weighted by Crippen LogP contribution is -2.46. The Labute approximate surface area is 253 Å². The van der Waals surface area contributed by atoms with Crippen LogP contribution in [0.15, 0.2) is 121 Å². The van der Waals surface area contributed by atoms with Gasteiger partial charge in [-0.05, 0) is 45.9 Å². The van der Waals surface area contributed by atoms with E-state index in [2.05, 4.69) is 97.1 Å². The Hall–Kier alpha value is -1.98. The molecule has 0 unspecified atom stereocenters. The van der Waals surface area contributed by atoms with E-state index in [9.17, 15) is 0 Å². The molecule has 41 heavy (non-hydrogen) atoms. The molecule has 212 valence electrons. The average Bonchev–Trinajstić information content (AvgIpc) is 3.04. The average molecular weight is 621 g/mol. The van der Waals surface area contributed by atoms with E-state index < -0.39 is 18.4 Å². The molecule has 0 aliphatic carbocycles. The zero-order valence-electron chi connectivity index (χ0n) is 22.8. The van der Waals surface area contributed by atoms with E-state index in [1.54, 1.807) is 0 Å². The fourth-order valence-electron chi connectivity index (χ4n) is 5.47. The van der Waals surface area contributed by atoms with Crippen LogP contribution in [0.5, 0.6) is 0 Å². The Morgan fingerprint density at radius 2 is 0.707 bits per heavy atom. The van der Waals surface area contributed by atoms with Crippen molar-refractivity contribution in [3.63, 3.8) is 0 Å². The quantitative estimate of drug-likeness (QED) is 0.184. The van der Waals surface area contributed by atoms with Crippen molar-refractivity contribution in [2.45, 2.75) is 11.8 Å². The Balaban J connectivity index is 1.12. The number of hydrogen-bond donors (Lipinski definition) is 0. The van der Waals surface area contributed by atoms with Gasteiger partial charge in [0.1, 0.15) is 0 Å². The highest BCUT2D eigenvalue weighted by Gasteiger charge is 2.47. The van der Waals surface area contributed by atoms with Crippen molar-refractivity contribution in [2.24, 2.45) is 5.41 Å². The van der Waals surface area contributed by atoms with Crippen LogP contribution in [0, 0.1) is 5.41 Å². The van der Waals surface area contributed by atoms with E-state index in [0.717, 1.165) is 0 Å². The van der Waals surface area contributed by atoms with Gasteiger partial charge in [-0.1, -0.05) is 121 Å². The van der Waals surface area contributed by atoms with Crippen LogP contribution in [-0.2, 0) is 41.7 Å². The summed E-state index contributed by atoms with van der Waals surface area (Å²) in [7, 11) is 0. The molecule has 0 saturated carbocycles. The summed E-state index contributed by atoms with van der Waals surface area (Å²) in [6.07, 6.45) is 1.28. The van der Waals surface area contributed by atoms with Gasteiger partial charge in [-0.15, -0.1) is 0 Å². The van der Waals surface area contributed by atoms with Crippen LogP contribution in [0.3, 0.4) is 0 Å². The van der Waals surface area contributed by atoms with E-state index >= 15 is 0 Å². The van der Waals surface area contributed by atoms with E-state index in [1.165, 1.54) is 22.3 Å². The normalized spacial score (nSPS) is 26.4. The van der Waals surface area contributed by atoms with Crippen LogP contribution in [0.1, 0.15) is 34.1 Å². The first-order valence-electron chi connectivity index (χ1n) is 13.9. The van der Waals surface area contributed by atoms with Crippen LogP contribution in [0.4, 0.5) is 0 Å². The predicted molar refractivity (Wildman–Crippen MR) is 174 cm³/mol. The molecule has 0 amide bonds. The Kier molecular flexibility index (Phi) is 9.03. The van der Waals surface area contributed by atoms with Crippen LogP contribution in [0.25, 0.3) is 0 Å². The monoisotopic (exact) mass is 620 g/mol. The molecule has 2 fully saturated rings. The van der Waals surface area contributed by atoms with Crippen molar-refractivity contribution in [3.05, 3.63) is 144 Å². The first kappa shape index (κ1) is 29.1. The van der Waals surface area contributed by atoms with Gasteiger partial charge >= 0.3 is 0 Å². The molecule has 8 heteroatoms. The summed E-state index contributed by atoms with van der Waals surface area (Å²) < 4.78 is 25.8. The van der Waals surface area contributed by atoms with Gasteiger partial charge < -0.3 is 18.1 Å². The third kappa shape index (κ3) is 6.99. The minimum absolute atomic E-state index is 0.107. The highest BCUT2D eigenvalue weighted by molar-refractivity contribution is 8.10. The molecule has 2 aliphatic rings. The van der Waals surface area contributed by atoms with Crippen LogP contribution >= 0.6 is 13.0 Å². The number of benzene rings is 4. The van der Waals surface area contributed by atoms with Crippen molar-refractivity contribution in [1.82, 2.24) is 0 Å². The zero-order valence-corrected chi connectivity index (χ0v) is 26.2. The third-order valence-electron chi connectivity index (χ3n) is 7.89. The molecule has 0 aromatic heterocycles. The predicted octanol–water partition coefficient (Wildman–Crippen LogP) is 8.35. The number of hydrogen-bond acceptors (Lipinski definition) is 6. The zero-order chi connectivity index (χ0) is 28.2. The molecule has 1 spiro atoms. The van der Waals surface area contributed by atoms with E-state index in [4.69, 9.17) is 41.7 Å². The second-order valence-electron chi connectivity index (χ2n) is 10.9. The van der Waals surface area contributed by atoms with E-state index in [0.29, 0.717) is 38.8 Å². The molecular weight excluding hydrogens is 586 g/mol. The van der Waals surface area contributed by atoms with E-state index in [-0.39, 0.29) is 11.8 Å². The molecule has 0 radical (unpaired) electrons. The third-order valence-corrected chi connectivity index (χ3v) is 13.8. The minimum atomic E-state index is -2.52. The standard InChI is InChI=1S/C33H34O4P2S2/c40-38(21-31(27-13-5-1-6-14-27)28-15-7-2-8-16-28)34-23-33(24-35-38)25-36-39(41,37-26-33)22-32(29-17-9-3-10-18-29)30-19-11-4-12-20-30/h1-20,31-32H,21-26H2. The topological polar surface area (TPSA) is 36.9 Å². The minimum Gasteiger partial charge on any atom is -0.328 e. The first-order valence-corrected chi connectivity index (χ1v) is 19.6. The molecule has 0 atom stereocenters. The molecule has 0 N–H and O–H groups in total. The lowest BCUT2D eigenvalue weighted by molar-refractivity contribution is -0.0546. The molecule has 6 rings (SSSR count). The van der Waals surface area contributed by atoms with Crippen molar-refractivity contribution in [3.8, 4) is 0 Å². The van der Waals surface area contributed by atoms with Gasteiger partial charge in [-0.2, -0.15) is 0 Å². The Morgan fingerprint density at radius 1 is 0.463 bits per heavy atom. The van der Waals surface area contributed by atoms with Crippen molar-refractivity contribution in [2.75, 3.05) is 38.8 Å². The molecule has 4 nitrogen and oxygen atoms in total. The molecule has 2 saturated heterocycles. The smallest absolute Gasteiger partial charge is 0.189 e. The SMILES string of the molecule is S=P1(CC(c2ccccc2)c2ccccc2)OCC2(CO1)COP(=S)(CC(c1ccccc1)c1ccccc1)OC2. The lowest BCUT2D eigenvalue weighted by atomic mass is 9.93. The summed E-state index contributed by atoms with van der Waals surface area (Å²) in [5.74, 6) is 0.213. The molecular formula is C33H34O4P2S2. The van der Waals surface area contributed by atoms with Crippen LogP contribution < -0.4 is 0 Å². The highest BCUT2D eigenvalue weighted by Crippen LogP contribution is 2.62. The fraction of sp³-hybridized carbons (Fsp3) is 0.273. The number of rotatable bonds is 8. The molecule has 4 aromatic rings. The molecule has 4 aromatic carbocycles. The van der Waals surface area contributed by atoms with Crippen molar-refractivity contribution >= 4 is 36.6 Å². The summed E-state index contributed by atoms with van der Waals surface area (Å²) >= 11 is 12.1. The first-order chi connectivity index (χ1) is 20.0. The summed E-state index contributed by atoms with van der Waals surface area (Å²) in [5.41, 5.74) is 4.46. The van der Waals surface area contributed by atoms with Gasteiger partial charge in [0.05, 0.1) is 31.8 Å². The summed E-state index contributed by atoms with van der Waals surface area (Å²) in [5, 5.41) is 0. The summed E-state index contributed by atoms with van der Waals surface area (Å²) in [6, 6.07) is 41.9. The highest BCUT2D eigenvalue weighted by atomic mass is 32.5. The van der Waals surface area contributed by atoms with Crippen LogP contribution in [-0.4, -0.2) is 38.8 Å². The molecule has 2 heterocycles. The lowest BCUT2D eigenvalue weighted by Gasteiger charge is -2.46. The molecule has 2 aliphatic heterocycles. The van der Waals surface area contributed by atoms with Crippen molar-refractivity contribution in [1.29, 1.82) is 0 Å². The maximum Gasteiger partial charge on any atom is 0.189 e. The summed E-state index contributed by atoms with van der Waals surface area (Å²) in [4.78, 5) is 0. The maximum absolute atomic E-state index is 6.44. The fourth-order valence-corrected chi connectivity index (χ4v) is 11.2. The summed E-state index contributed by atoms with van der Waals surface area (Å²) in [6.45, 7) is -3.23. The van der Waals surface area contributed by atoms with Crippen molar-refractivity contribution < 1.29 is 18.1 Å². The Morgan fingerprint density at radius 3 is 0.951 bits per heavy atom. The van der Waals surface area contributed by atoms with E-state index in [1.807, 2.05) is 24.3 Å². The van der Waals surface area contributed by atoms with Gasteiger partial charge in [0.2, 0.25) is 0 Å².